The van der Waals surface area contributed by atoms with Crippen molar-refractivity contribution >= 4 is 17.5 Å². The molecule has 0 bridgehead atoms. The standard InChI is InChI=1S/C18H23N5O/c1-15(24)22-8-10-23(11-9-22)18-12-17(19-14-20-18)21(2)13-16-6-4-3-5-7-16/h3-7,12,14H,8-11,13H2,1-2H3. The molecule has 3 rings (SSSR count). The third-order valence-electron chi connectivity index (χ3n) is 4.34. The molecule has 24 heavy (non-hydrogen) atoms. The third kappa shape index (κ3) is 3.82. The summed E-state index contributed by atoms with van der Waals surface area (Å²) in [6.45, 7) is 5.52. The molecule has 2 aromatic rings. The van der Waals surface area contributed by atoms with Crippen molar-refractivity contribution in [2.75, 3.05) is 43.0 Å². The van der Waals surface area contributed by atoms with Gasteiger partial charge in [-0.05, 0) is 5.56 Å². The number of nitrogens with zero attached hydrogens (tertiary/aromatic N) is 5. The summed E-state index contributed by atoms with van der Waals surface area (Å²) in [5.41, 5.74) is 1.25. The van der Waals surface area contributed by atoms with Crippen molar-refractivity contribution in [1.82, 2.24) is 14.9 Å². The van der Waals surface area contributed by atoms with E-state index in [0.29, 0.717) is 0 Å². The van der Waals surface area contributed by atoms with Crippen molar-refractivity contribution in [1.29, 1.82) is 0 Å². The third-order valence-corrected chi connectivity index (χ3v) is 4.34. The van der Waals surface area contributed by atoms with Crippen LogP contribution in [0, 0.1) is 0 Å². The summed E-state index contributed by atoms with van der Waals surface area (Å²) in [7, 11) is 2.03. The summed E-state index contributed by atoms with van der Waals surface area (Å²) in [6.07, 6.45) is 1.61. The first kappa shape index (κ1) is 16.2. The maximum atomic E-state index is 11.4. The first-order valence-corrected chi connectivity index (χ1v) is 8.21. The number of amides is 1. The van der Waals surface area contributed by atoms with E-state index < -0.39 is 0 Å². The fourth-order valence-corrected chi connectivity index (χ4v) is 2.91. The smallest absolute Gasteiger partial charge is 0.219 e. The van der Waals surface area contributed by atoms with Crippen LogP contribution in [0.2, 0.25) is 0 Å². The van der Waals surface area contributed by atoms with Gasteiger partial charge >= 0.3 is 0 Å². The largest absolute Gasteiger partial charge is 0.355 e. The number of anilines is 2. The van der Waals surface area contributed by atoms with Crippen LogP contribution in [0.5, 0.6) is 0 Å². The van der Waals surface area contributed by atoms with Crippen molar-refractivity contribution in [3.8, 4) is 0 Å². The van der Waals surface area contributed by atoms with Gasteiger partial charge < -0.3 is 14.7 Å². The molecule has 1 aromatic heterocycles. The Kier molecular flexibility index (Phi) is 4.93. The highest BCUT2D eigenvalue weighted by molar-refractivity contribution is 5.73. The molecule has 6 nitrogen and oxygen atoms in total. The number of piperazine rings is 1. The lowest BCUT2D eigenvalue weighted by Gasteiger charge is -2.35. The first-order valence-electron chi connectivity index (χ1n) is 8.21. The summed E-state index contributed by atoms with van der Waals surface area (Å²) >= 11 is 0. The molecule has 1 saturated heterocycles. The molecule has 1 aliphatic rings. The number of carbonyl (C=O) groups is 1. The van der Waals surface area contributed by atoms with Gasteiger partial charge in [-0.1, -0.05) is 30.3 Å². The van der Waals surface area contributed by atoms with Crippen LogP contribution in [0.3, 0.4) is 0 Å². The average Bonchev–Trinajstić information content (AvgIpc) is 2.63. The Morgan fingerprint density at radius 2 is 1.83 bits per heavy atom. The molecule has 1 aromatic carbocycles. The summed E-state index contributed by atoms with van der Waals surface area (Å²) in [4.78, 5) is 26.4. The molecule has 1 aliphatic heterocycles. The minimum atomic E-state index is 0.139. The van der Waals surface area contributed by atoms with Crippen molar-refractivity contribution in [2.45, 2.75) is 13.5 Å². The molecule has 0 saturated carbocycles. The number of rotatable bonds is 4. The molecule has 6 heteroatoms. The Morgan fingerprint density at radius 1 is 1.12 bits per heavy atom. The van der Waals surface area contributed by atoms with Crippen molar-refractivity contribution in [3.05, 3.63) is 48.3 Å². The molecule has 0 aliphatic carbocycles. The molecule has 0 atom stereocenters. The van der Waals surface area contributed by atoms with E-state index in [1.54, 1.807) is 13.3 Å². The molecule has 0 radical (unpaired) electrons. The lowest BCUT2D eigenvalue weighted by Crippen LogP contribution is -2.48. The highest BCUT2D eigenvalue weighted by Crippen LogP contribution is 2.19. The molecule has 0 unspecified atom stereocenters. The lowest BCUT2D eigenvalue weighted by atomic mass is 10.2. The Labute approximate surface area is 142 Å². The van der Waals surface area contributed by atoms with E-state index in [1.165, 1.54) is 5.56 Å². The maximum Gasteiger partial charge on any atom is 0.219 e. The van der Waals surface area contributed by atoms with Crippen LogP contribution < -0.4 is 9.80 Å². The molecule has 1 fully saturated rings. The topological polar surface area (TPSA) is 52.6 Å². The second kappa shape index (κ2) is 7.29. The predicted octanol–water partition coefficient (Wildman–Crippen LogP) is 1.78. The highest BCUT2D eigenvalue weighted by Gasteiger charge is 2.20. The molecular formula is C18H23N5O. The molecule has 126 valence electrons. The van der Waals surface area contributed by atoms with Gasteiger partial charge in [0.05, 0.1) is 0 Å². The van der Waals surface area contributed by atoms with Gasteiger partial charge in [0, 0.05) is 52.8 Å². The summed E-state index contributed by atoms with van der Waals surface area (Å²) in [5, 5.41) is 0. The van der Waals surface area contributed by atoms with Gasteiger partial charge in [0.15, 0.2) is 0 Å². The zero-order valence-electron chi connectivity index (χ0n) is 14.2. The van der Waals surface area contributed by atoms with Gasteiger partial charge in [-0.15, -0.1) is 0 Å². The molecule has 1 amide bonds. The second-order valence-electron chi connectivity index (χ2n) is 6.07. The number of hydrogen-bond donors (Lipinski definition) is 0. The molecule has 2 heterocycles. The monoisotopic (exact) mass is 325 g/mol. The van der Waals surface area contributed by atoms with Crippen LogP contribution in [0.15, 0.2) is 42.7 Å². The van der Waals surface area contributed by atoms with Gasteiger partial charge in [-0.25, -0.2) is 9.97 Å². The summed E-state index contributed by atoms with van der Waals surface area (Å²) < 4.78 is 0. The zero-order chi connectivity index (χ0) is 16.9. The van der Waals surface area contributed by atoms with Crippen LogP contribution in [0.4, 0.5) is 11.6 Å². The number of hydrogen-bond acceptors (Lipinski definition) is 5. The molecular weight excluding hydrogens is 302 g/mol. The Hall–Kier alpha value is -2.63. The number of aromatic nitrogens is 2. The Balaban J connectivity index is 1.67. The summed E-state index contributed by atoms with van der Waals surface area (Å²) in [6, 6.07) is 12.4. The van der Waals surface area contributed by atoms with Crippen LogP contribution in [-0.4, -0.2) is 54.0 Å². The molecule has 0 N–H and O–H groups in total. The van der Waals surface area contributed by atoms with Crippen LogP contribution >= 0.6 is 0 Å². The highest BCUT2D eigenvalue weighted by atomic mass is 16.2. The second-order valence-corrected chi connectivity index (χ2v) is 6.07. The van der Waals surface area contributed by atoms with Crippen molar-refractivity contribution in [2.24, 2.45) is 0 Å². The SMILES string of the molecule is CC(=O)N1CCN(c2cc(N(C)Cc3ccccc3)ncn2)CC1. The predicted molar refractivity (Wildman–Crippen MR) is 95.0 cm³/mol. The van der Waals surface area contributed by atoms with Crippen molar-refractivity contribution in [3.63, 3.8) is 0 Å². The van der Waals surface area contributed by atoms with Gasteiger partial charge in [-0.3, -0.25) is 4.79 Å². The lowest BCUT2D eigenvalue weighted by molar-refractivity contribution is -0.129. The van der Waals surface area contributed by atoms with E-state index in [4.69, 9.17) is 0 Å². The normalized spacial score (nSPS) is 14.6. The van der Waals surface area contributed by atoms with Gasteiger partial charge in [0.1, 0.15) is 18.0 Å². The van der Waals surface area contributed by atoms with Crippen LogP contribution in [0.25, 0.3) is 0 Å². The van der Waals surface area contributed by atoms with Crippen LogP contribution in [0.1, 0.15) is 12.5 Å². The Bertz CT molecular complexity index is 683. The quantitative estimate of drug-likeness (QED) is 0.858. The van der Waals surface area contributed by atoms with Crippen LogP contribution in [-0.2, 0) is 11.3 Å². The van der Waals surface area contributed by atoms with Gasteiger partial charge in [-0.2, -0.15) is 0 Å². The van der Waals surface area contributed by atoms with Gasteiger partial charge in [0.2, 0.25) is 5.91 Å². The minimum absolute atomic E-state index is 0.139. The van der Waals surface area contributed by atoms with E-state index >= 15 is 0 Å². The average molecular weight is 325 g/mol. The summed E-state index contributed by atoms with van der Waals surface area (Å²) in [5.74, 6) is 1.96. The van der Waals surface area contributed by atoms with Gasteiger partial charge in [0.25, 0.3) is 0 Å². The van der Waals surface area contributed by atoms with E-state index in [9.17, 15) is 4.79 Å². The minimum Gasteiger partial charge on any atom is -0.355 e. The maximum absolute atomic E-state index is 11.4. The van der Waals surface area contributed by atoms with E-state index in [1.807, 2.05) is 36.2 Å². The zero-order valence-corrected chi connectivity index (χ0v) is 14.2. The van der Waals surface area contributed by atoms with Crippen molar-refractivity contribution < 1.29 is 4.79 Å². The Morgan fingerprint density at radius 3 is 2.50 bits per heavy atom. The molecule has 0 spiro atoms. The van der Waals surface area contributed by atoms with E-state index in [2.05, 4.69) is 31.9 Å². The fraction of sp³-hybridized carbons (Fsp3) is 0.389. The number of benzene rings is 1. The fourth-order valence-electron chi connectivity index (χ4n) is 2.91. The number of carbonyl (C=O) groups excluding carboxylic acids is 1. The van der Waals surface area contributed by atoms with E-state index in [0.717, 1.165) is 44.4 Å². The van der Waals surface area contributed by atoms with E-state index in [-0.39, 0.29) is 5.91 Å². The first-order chi connectivity index (χ1) is 11.6.